The molecule has 1 saturated carbocycles. The van der Waals surface area contributed by atoms with Crippen LogP contribution in [0.2, 0.25) is 0 Å². The smallest absolute Gasteiger partial charge is 0.0546 e. The summed E-state index contributed by atoms with van der Waals surface area (Å²) in [7, 11) is 0. The molecule has 1 aliphatic carbocycles. The highest BCUT2D eigenvalue weighted by Crippen LogP contribution is 2.46. The first-order chi connectivity index (χ1) is 6.60. The molecular formula is C12H22I2O. The van der Waals surface area contributed by atoms with Crippen molar-refractivity contribution in [2.24, 2.45) is 11.8 Å². The van der Waals surface area contributed by atoms with E-state index in [1.54, 1.807) is 0 Å². The van der Waals surface area contributed by atoms with Crippen LogP contribution in [0, 0.1) is 11.8 Å². The fourth-order valence-corrected chi connectivity index (χ4v) is 3.43. The number of aliphatic hydroxyl groups is 1. The van der Waals surface area contributed by atoms with E-state index in [0.717, 1.165) is 12.8 Å². The maximum Gasteiger partial charge on any atom is 0.0546 e. The monoisotopic (exact) mass is 436 g/mol. The normalized spacial score (nSPS) is 34.2. The van der Waals surface area contributed by atoms with Gasteiger partial charge in [0.05, 0.1) is 6.10 Å². The van der Waals surface area contributed by atoms with E-state index < -0.39 is 0 Å². The number of alkyl halides is 2. The second-order valence-corrected chi connectivity index (χ2v) is 11.4. The van der Waals surface area contributed by atoms with Crippen molar-refractivity contribution in [3.63, 3.8) is 0 Å². The van der Waals surface area contributed by atoms with E-state index in [2.05, 4.69) is 72.9 Å². The van der Waals surface area contributed by atoms with Crippen molar-refractivity contribution in [1.82, 2.24) is 0 Å². The maximum absolute atomic E-state index is 9.97. The van der Waals surface area contributed by atoms with Gasteiger partial charge in [0.2, 0.25) is 0 Å². The predicted molar refractivity (Wildman–Crippen MR) is 83.0 cm³/mol. The molecule has 0 aromatic rings. The van der Waals surface area contributed by atoms with Crippen molar-refractivity contribution < 1.29 is 5.11 Å². The number of rotatable bonds is 2. The summed E-state index contributed by atoms with van der Waals surface area (Å²) >= 11 is 5.06. The molecule has 1 aliphatic rings. The Morgan fingerprint density at radius 1 is 0.867 bits per heavy atom. The van der Waals surface area contributed by atoms with Gasteiger partial charge in [0.1, 0.15) is 0 Å². The molecule has 0 aromatic heterocycles. The van der Waals surface area contributed by atoms with Crippen LogP contribution < -0.4 is 0 Å². The Morgan fingerprint density at radius 3 is 1.47 bits per heavy atom. The minimum absolute atomic E-state index is 0.0863. The summed E-state index contributed by atoms with van der Waals surface area (Å²) in [4.78, 5) is 0. The quantitative estimate of drug-likeness (QED) is 0.509. The van der Waals surface area contributed by atoms with Crippen LogP contribution in [0.1, 0.15) is 47.0 Å². The van der Waals surface area contributed by atoms with Crippen molar-refractivity contribution in [3.8, 4) is 0 Å². The fourth-order valence-electron chi connectivity index (χ4n) is 2.41. The van der Waals surface area contributed by atoms with E-state index in [1.807, 2.05) is 0 Å². The van der Waals surface area contributed by atoms with E-state index in [4.69, 9.17) is 0 Å². The van der Waals surface area contributed by atoms with Crippen LogP contribution in [-0.4, -0.2) is 18.1 Å². The lowest BCUT2D eigenvalue weighted by atomic mass is 9.71. The van der Waals surface area contributed by atoms with Crippen LogP contribution in [0.5, 0.6) is 0 Å². The first-order valence-corrected chi connectivity index (χ1v) is 7.82. The topological polar surface area (TPSA) is 20.2 Å². The van der Waals surface area contributed by atoms with Gasteiger partial charge in [-0.25, -0.2) is 0 Å². The molecule has 90 valence electrons. The Bertz CT molecular complexity index is 193. The van der Waals surface area contributed by atoms with E-state index in [1.165, 1.54) is 6.42 Å². The summed E-state index contributed by atoms with van der Waals surface area (Å²) in [5, 5.41) is 9.97. The summed E-state index contributed by atoms with van der Waals surface area (Å²) in [6.07, 6.45) is 3.15. The molecule has 1 rings (SSSR count). The highest BCUT2D eigenvalue weighted by atomic mass is 127. The highest BCUT2D eigenvalue weighted by molar-refractivity contribution is 14.1. The molecule has 0 bridgehead atoms. The van der Waals surface area contributed by atoms with Gasteiger partial charge in [0.25, 0.3) is 0 Å². The Kier molecular flexibility index (Phi) is 4.79. The zero-order valence-electron chi connectivity index (χ0n) is 10.1. The van der Waals surface area contributed by atoms with Gasteiger partial charge in [0.15, 0.2) is 0 Å². The van der Waals surface area contributed by atoms with E-state index in [9.17, 15) is 5.11 Å². The van der Waals surface area contributed by atoms with Crippen molar-refractivity contribution in [1.29, 1.82) is 0 Å². The molecule has 1 nitrogen and oxygen atoms in total. The average molecular weight is 436 g/mol. The lowest BCUT2D eigenvalue weighted by Crippen LogP contribution is -2.40. The number of hydrogen-bond donors (Lipinski definition) is 1. The minimum Gasteiger partial charge on any atom is -0.393 e. The number of aliphatic hydroxyl groups excluding tert-OH is 1. The molecule has 3 heteroatoms. The molecule has 0 aromatic carbocycles. The highest BCUT2D eigenvalue weighted by Gasteiger charge is 2.40. The van der Waals surface area contributed by atoms with Crippen LogP contribution >= 0.6 is 45.2 Å². The Labute approximate surface area is 121 Å². The van der Waals surface area contributed by atoms with Gasteiger partial charge in [-0.05, 0) is 31.1 Å². The first-order valence-electron chi connectivity index (χ1n) is 5.66. The van der Waals surface area contributed by atoms with Crippen LogP contribution in [0.25, 0.3) is 0 Å². The van der Waals surface area contributed by atoms with E-state index in [0.29, 0.717) is 18.7 Å². The molecule has 1 unspecified atom stereocenters. The third-order valence-electron chi connectivity index (χ3n) is 3.62. The standard InChI is InChI=1S/C12H22I2O/c1-11(2,13)8-5-9(12(3,4)14)7-10(15)6-8/h8-10,15H,5-7H2,1-4H3/t8-,9+,10?. The van der Waals surface area contributed by atoms with Gasteiger partial charge in [-0.2, -0.15) is 0 Å². The maximum atomic E-state index is 9.97. The molecule has 1 N–H and O–H groups in total. The summed E-state index contributed by atoms with van der Waals surface area (Å²) in [6.45, 7) is 9.14. The van der Waals surface area contributed by atoms with Crippen molar-refractivity contribution in [2.75, 3.05) is 0 Å². The summed E-state index contributed by atoms with van der Waals surface area (Å²) in [6, 6.07) is 0. The van der Waals surface area contributed by atoms with Gasteiger partial charge >= 0.3 is 0 Å². The first kappa shape index (κ1) is 14.5. The van der Waals surface area contributed by atoms with E-state index in [-0.39, 0.29) is 6.10 Å². The lowest BCUT2D eigenvalue weighted by molar-refractivity contribution is 0.0553. The minimum atomic E-state index is -0.0863. The molecular weight excluding hydrogens is 414 g/mol. The molecule has 0 heterocycles. The molecule has 15 heavy (non-hydrogen) atoms. The van der Waals surface area contributed by atoms with Crippen LogP contribution in [0.4, 0.5) is 0 Å². The van der Waals surface area contributed by atoms with Gasteiger partial charge in [-0.1, -0.05) is 72.9 Å². The van der Waals surface area contributed by atoms with Gasteiger partial charge < -0.3 is 5.11 Å². The van der Waals surface area contributed by atoms with Crippen LogP contribution in [0.3, 0.4) is 0 Å². The van der Waals surface area contributed by atoms with Gasteiger partial charge in [-0.3, -0.25) is 0 Å². The second-order valence-electron chi connectivity index (χ2n) is 5.88. The zero-order chi connectivity index (χ0) is 11.9. The van der Waals surface area contributed by atoms with Crippen molar-refractivity contribution in [2.45, 2.75) is 59.9 Å². The Hall–Kier alpha value is 1.42. The molecule has 1 fully saturated rings. The number of hydrogen-bond acceptors (Lipinski definition) is 1. The van der Waals surface area contributed by atoms with Crippen molar-refractivity contribution >= 4 is 45.2 Å². The average Bonchev–Trinajstić information content (AvgIpc) is 1.99. The van der Waals surface area contributed by atoms with Crippen LogP contribution in [0.15, 0.2) is 0 Å². The van der Waals surface area contributed by atoms with Gasteiger partial charge in [0, 0.05) is 6.84 Å². The largest absolute Gasteiger partial charge is 0.393 e. The van der Waals surface area contributed by atoms with Crippen LogP contribution in [-0.2, 0) is 0 Å². The van der Waals surface area contributed by atoms with Crippen molar-refractivity contribution in [3.05, 3.63) is 0 Å². The molecule has 0 radical (unpaired) electrons. The lowest BCUT2D eigenvalue weighted by Gasteiger charge is -2.43. The van der Waals surface area contributed by atoms with E-state index >= 15 is 0 Å². The summed E-state index contributed by atoms with van der Waals surface area (Å²) < 4.78 is 0.610. The molecule has 0 saturated heterocycles. The molecule has 3 atom stereocenters. The van der Waals surface area contributed by atoms with Gasteiger partial charge in [-0.15, -0.1) is 0 Å². The Balaban J connectivity index is 2.73. The predicted octanol–water partition coefficient (Wildman–Crippen LogP) is 4.19. The number of halogens is 2. The second kappa shape index (κ2) is 4.96. The third-order valence-corrected chi connectivity index (χ3v) is 5.39. The molecule has 0 amide bonds. The molecule has 0 spiro atoms. The summed E-state index contributed by atoms with van der Waals surface area (Å²) in [5.74, 6) is 1.31. The Morgan fingerprint density at radius 2 is 1.20 bits per heavy atom. The fraction of sp³-hybridized carbons (Fsp3) is 1.00. The third kappa shape index (κ3) is 4.30. The SMILES string of the molecule is CC(C)(I)[C@@H]1CC(O)C[C@H](C(C)(C)I)C1. The summed E-state index contributed by atoms with van der Waals surface area (Å²) in [5.41, 5.74) is 0. The molecule has 0 aliphatic heterocycles. The zero-order valence-corrected chi connectivity index (χ0v) is 14.4.